The third kappa shape index (κ3) is 3.01. The lowest BCUT2D eigenvalue weighted by atomic mass is 10.1. The van der Waals surface area contributed by atoms with Gasteiger partial charge in [0.15, 0.2) is 11.6 Å². The molecule has 3 heterocycles. The molecule has 1 aliphatic rings. The predicted molar refractivity (Wildman–Crippen MR) is 102 cm³/mol. The number of anilines is 1. The van der Waals surface area contributed by atoms with Gasteiger partial charge in [-0.1, -0.05) is 44.2 Å². The monoisotopic (exact) mass is 349 g/mol. The van der Waals surface area contributed by atoms with Gasteiger partial charge >= 0.3 is 0 Å². The molecule has 1 aliphatic heterocycles. The SMILES string of the molecule is CCc1nnc(N2CCOCC2)c2c(CC)nc(-c3ccccc3)nc12. The number of morpholine rings is 1. The summed E-state index contributed by atoms with van der Waals surface area (Å²) in [6.45, 7) is 7.28. The van der Waals surface area contributed by atoms with Crippen molar-refractivity contribution in [2.24, 2.45) is 0 Å². The van der Waals surface area contributed by atoms with Crippen LogP contribution in [-0.4, -0.2) is 46.5 Å². The van der Waals surface area contributed by atoms with E-state index in [1.165, 1.54) is 0 Å². The molecule has 134 valence electrons. The Morgan fingerprint density at radius 3 is 2.35 bits per heavy atom. The summed E-state index contributed by atoms with van der Waals surface area (Å²) in [5, 5.41) is 10.1. The van der Waals surface area contributed by atoms with Crippen molar-refractivity contribution in [3.05, 3.63) is 41.7 Å². The summed E-state index contributed by atoms with van der Waals surface area (Å²) in [5.74, 6) is 1.64. The van der Waals surface area contributed by atoms with E-state index in [9.17, 15) is 0 Å². The first-order chi connectivity index (χ1) is 12.8. The van der Waals surface area contributed by atoms with Gasteiger partial charge in [0.25, 0.3) is 0 Å². The summed E-state index contributed by atoms with van der Waals surface area (Å²) < 4.78 is 5.49. The molecular weight excluding hydrogens is 326 g/mol. The number of rotatable bonds is 4. The topological polar surface area (TPSA) is 64.0 Å². The van der Waals surface area contributed by atoms with E-state index in [2.05, 4.69) is 28.9 Å². The quantitative estimate of drug-likeness (QED) is 0.721. The molecule has 0 atom stereocenters. The van der Waals surface area contributed by atoms with Crippen molar-refractivity contribution >= 4 is 16.7 Å². The van der Waals surface area contributed by atoms with Crippen LogP contribution < -0.4 is 4.90 Å². The van der Waals surface area contributed by atoms with Gasteiger partial charge in [-0.15, -0.1) is 5.10 Å². The van der Waals surface area contributed by atoms with Crippen LogP contribution in [0.3, 0.4) is 0 Å². The Morgan fingerprint density at radius 1 is 0.923 bits per heavy atom. The summed E-state index contributed by atoms with van der Waals surface area (Å²) >= 11 is 0. The lowest BCUT2D eigenvalue weighted by Crippen LogP contribution is -2.37. The second kappa shape index (κ2) is 7.33. The first-order valence-electron chi connectivity index (χ1n) is 9.26. The van der Waals surface area contributed by atoms with E-state index in [4.69, 9.17) is 14.7 Å². The average molecular weight is 349 g/mol. The normalized spacial score (nSPS) is 14.8. The number of aromatic nitrogens is 4. The zero-order valence-corrected chi connectivity index (χ0v) is 15.3. The molecule has 0 unspecified atom stereocenters. The number of hydrogen-bond acceptors (Lipinski definition) is 6. The lowest BCUT2D eigenvalue weighted by molar-refractivity contribution is 0.122. The number of benzene rings is 1. The number of fused-ring (bicyclic) bond motifs is 1. The molecule has 0 N–H and O–H groups in total. The molecule has 26 heavy (non-hydrogen) atoms. The third-order valence-electron chi connectivity index (χ3n) is 4.76. The van der Waals surface area contributed by atoms with Gasteiger partial charge in [0, 0.05) is 18.7 Å². The molecule has 1 fully saturated rings. The first kappa shape index (κ1) is 16.8. The molecule has 4 rings (SSSR count). The second-order valence-corrected chi connectivity index (χ2v) is 6.36. The highest BCUT2D eigenvalue weighted by Gasteiger charge is 2.22. The predicted octanol–water partition coefficient (Wildman–Crippen LogP) is 3.05. The van der Waals surface area contributed by atoms with Gasteiger partial charge < -0.3 is 9.64 Å². The van der Waals surface area contributed by atoms with Crippen LogP contribution in [0.1, 0.15) is 25.2 Å². The van der Waals surface area contributed by atoms with E-state index >= 15 is 0 Å². The molecule has 6 heteroatoms. The Balaban J connectivity index is 1.95. The Bertz CT molecular complexity index is 907. The summed E-state index contributed by atoms with van der Waals surface area (Å²) in [6, 6.07) is 10.1. The third-order valence-corrected chi connectivity index (χ3v) is 4.76. The minimum Gasteiger partial charge on any atom is -0.378 e. The molecule has 1 aromatic carbocycles. The lowest BCUT2D eigenvalue weighted by Gasteiger charge is -2.28. The van der Waals surface area contributed by atoms with Crippen molar-refractivity contribution in [2.45, 2.75) is 26.7 Å². The molecule has 2 aromatic heterocycles. The molecule has 0 spiro atoms. The van der Waals surface area contributed by atoms with Gasteiger partial charge in [-0.05, 0) is 12.8 Å². The summed E-state index contributed by atoms with van der Waals surface area (Å²) in [4.78, 5) is 12.0. The van der Waals surface area contributed by atoms with Crippen LogP contribution in [0.5, 0.6) is 0 Å². The van der Waals surface area contributed by atoms with Crippen molar-refractivity contribution in [3.63, 3.8) is 0 Å². The Labute approximate surface area is 153 Å². The standard InChI is InChI=1S/C20H23N5O/c1-3-15-17-18(22-19(21-15)14-8-6-5-7-9-14)16(4-2)23-24-20(17)25-10-12-26-13-11-25/h5-9H,3-4,10-13H2,1-2H3. The second-order valence-electron chi connectivity index (χ2n) is 6.36. The van der Waals surface area contributed by atoms with Gasteiger partial charge in [0.1, 0.15) is 5.52 Å². The van der Waals surface area contributed by atoms with Crippen LogP contribution in [0.15, 0.2) is 30.3 Å². The van der Waals surface area contributed by atoms with E-state index < -0.39 is 0 Å². The number of hydrogen-bond donors (Lipinski definition) is 0. The number of ether oxygens (including phenoxy) is 1. The largest absolute Gasteiger partial charge is 0.378 e. The highest BCUT2D eigenvalue weighted by Crippen LogP contribution is 2.30. The van der Waals surface area contributed by atoms with E-state index in [0.717, 1.165) is 65.4 Å². The van der Waals surface area contributed by atoms with Crippen molar-refractivity contribution in [2.75, 3.05) is 31.2 Å². The maximum Gasteiger partial charge on any atom is 0.162 e. The van der Waals surface area contributed by atoms with Gasteiger partial charge in [-0.25, -0.2) is 9.97 Å². The van der Waals surface area contributed by atoms with Crippen molar-refractivity contribution < 1.29 is 4.74 Å². The van der Waals surface area contributed by atoms with Crippen molar-refractivity contribution in [1.29, 1.82) is 0 Å². The van der Waals surface area contributed by atoms with E-state index in [1.54, 1.807) is 0 Å². The maximum atomic E-state index is 5.49. The van der Waals surface area contributed by atoms with Crippen LogP contribution in [0.4, 0.5) is 5.82 Å². The molecule has 0 aliphatic carbocycles. The smallest absolute Gasteiger partial charge is 0.162 e. The number of nitrogens with zero attached hydrogens (tertiary/aromatic N) is 5. The molecule has 3 aromatic rings. The molecule has 6 nitrogen and oxygen atoms in total. The first-order valence-corrected chi connectivity index (χ1v) is 9.26. The number of aryl methyl sites for hydroxylation is 2. The fourth-order valence-corrected chi connectivity index (χ4v) is 3.36. The van der Waals surface area contributed by atoms with Crippen LogP contribution in [-0.2, 0) is 17.6 Å². The van der Waals surface area contributed by atoms with Crippen LogP contribution in [0.2, 0.25) is 0 Å². The molecule has 0 saturated carbocycles. The van der Waals surface area contributed by atoms with Gasteiger partial charge in [-0.3, -0.25) is 0 Å². The fraction of sp³-hybridized carbons (Fsp3) is 0.400. The van der Waals surface area contributed by atoms with Gasteiger partial charge in [0.05, 0.1) is 30.0 Å². The van der Waals surface area contributed by atoms with Crippen LogP contribution in [0, 0.1) is 0 Å². The van der Waals surface area contributed by atoms with Crippen LogP contribution >= 0.6 is 0 Å². The van der Waals surface area contributed by atoms with E-state index in [0.29, 0.717) is 13.2 Å². The minimum atomic E-state index is 0.711. The highest BCUT2D eigenvalue weighted by molar-refractivity contribution is 5.93. The maximum absolute atomic E-state index is 5.49. The zero-order chi connectivity index (χ0) is 17.9. The minimum absolute atomic E-state index is 0.711. The Hall–Kier alpha value is -2.60. The zero-order valence-electron chi connectivity index (χ0n) is 15.3. The fourth-order valence-electron chi connectivity index (χ4n) is 3.36. The average Bonchev–Trinajstić information content (AvgIpc) is 2.73. The summed E-state index contributed by atoms with van der Waals surface area (Å²) in [5.41, 5.74) is 3.90. The van der Waals surface area contributed by atoms with E-state index in [1.807, 2.05) is 30.3 Å². The van der Waals surface area contributed by atoms with Gasteiger partial charge in [-0.2, -0.15) is 5.10 Å². The van der Waals surface area contributed by atoms with Crippen LogP contribution in [0.25, 0.3) is 22.3 Å². The summed E-state index contributed by atoms with van der Waals surface area (Å²) in [6.07, 6.45) is 1.62. The van der Waals surface area contributed by atoms with Crippen molar-refractivity contribution in [3.8, 4) is 11.4 Å². The molecule has 0 bridgehead atoms. The van der Waals surface area contributed by atoms with Gasteiger partial charge in [0.2, 0.25) is 0 Å². The van der Waals surface area contributed by atoms with E-state index in [-0.39, 0.29) is 0 Å². The molecule has 0 amide bonds. The molecule has 1 saturated heterocycles. The Morgan fingerprint density at radius 2 is 1.65 bits per heavy atom. The highest BCUT2D eigenvalue weighted by atomic mass is 16.5. The Kier molecular flexibility index (Phi) is 4.75. The molecule has 0 radical (unpaired) electrons. The summed E-state index contributed by atoms with van der Waals surface area (Å²) in [7, 11) is 0. The molecular formula is C20H23N5O. The van der Waals surface area contributed by atoms with Crippen molar-refractivity contribution in [1.82, 2.24) is 20.2 Å².